The van der Waals surface area contributed by atoms with Gasteiger partial charge in [-0.05, 0) is 12.1 Å². The molecule has 0 saturated carbocycles. The highest BCUT2D eigenvalue weighted by atomic mass is 19.2. The Bertz CT molecular complexity index is 540. The lowest BCUT2D eigenvalue weighted by Crippen LogP contribution is -2.05. The highest BCUT2D eigenvalue weighted by molar-refractivity contribution is 5.52. The van der Waals surface area contributed by atoms with E-state index in [2.05, 4.69) is 5.10 Å². The standard InChI is InChI=1S/C9H5F2N3O2/c10-6-2-3-7(14(15)16)9(8(6)11)13-5-1-4-12-13/h1-5H. The summed E-state index contributed by atoms with van der Waals surface area (Å²) in [6.45, 7) is 0. The second-order valence-corrected chi connectivity index (χ2v) is 2.94. The molecule has 1 heterocycles. The Hall–Kier alpha value is -2.31. The van der Waals surface area contributed by atoms with E-state index in [4.69, 9.17) is 0 Å². The summed E-state index contributed by atoms with van der Waals surface area (Å²) in [5.74, 6) is -2.45. The lowest BCUT2D eigenvalue weighted by Gasteiger charge is -2.04. The normalized spacial score (nSPS) is 10.4. The van der Waals surface area contributed by atoms with Gasteiger partial charge >= 0.3 is 0 Å². The highest BCUT2D eigenvalue weighted by Crippen LogP contribution is 2.26. The molecule has 0 fully saturated rings. The molecule has 0 aliphatic rings. The molecular weight excluding hydrogens is 220 g/mol. The number of hydrogen-bond donors (Lipinski definition) is 0. The van der Waals surface area contributed by atoms with E-state index in [1.165, 1.54) is 18.5 Å². The molecule has 0 saturated heterocycles. The Balaban J connectivity index is 2.74. The van der Waals surface area contributed by atoms with Crippen molar-refractivity contribution in [3.63, 3.8) is 0 Å². The zero-order chi connectivity index (χ0) is 11.7. The molecule has 0 bridgehead atoms. The first kappa shape index (κ1) is 10.2. The first-order valence-electron chi connectivity index (χ1n) is 4.23. The van der Waals surface area contributed by atoms with Gasteiger partial charge in [-0.25, -0.2) is 13.5 Å². The average Bonchev–Trinajstić information content (AvgIpc) is 2.74. The number of rotatable bonds is 2. The van der Waals surface area contributed by atoms with Gasteiger partial charge in [-0.15, -0.1) is 0 Å². The number of hydrogen-bond acceptors (Lipinski definition) is 3. The van der Waals surface area contributed by atoms with E-state index < -0.39 is 27.9 Å². The first-order valence-corrected chi connectivity index (χ1v) is 4.23. The third kappa shape index (κ3) is 1.52. The molecule has 2 aromatic rings. The van der Waals surface area contributed by atoms with Gasteiger partial charge in [-0.2, -0.15) is 5.10 Å². The summed E-state index contributed by atoms with van der Waals surface area (Å²) >= 11 is 0. The predicted octanol–water partition coefficient (Wildman–Crippen LogP) is 2.06. The van der Waals surface area contributed by atoms with E-state index in [0.29, 0.717) is 6.07 Å². The van der Waals surface area contributed by atoms with Gasteiger partial charge in [-0.1, -0.05) is 0 Å². The van der Waals surface area contributed by atoms with Crippen LogP contribution in [-0.2, 0) is 0 Å². The van der Waals surface area contributed by atoms with Gasteiger partial charge < -0.3 is 0 Å². The van der Waals surface area contributed by atoms with Crippen LogP contribution in [0.2, 0.25) is 0 Å². The van der Waals surface area contributed by atoms with Crippen molar-refractivity contribution in [3.05, 3.63) is 52.3 Å². The summed E-state index contributed by atoms with van der Waals surface area (Å²) in [4.78, 5) is 9.86. The molecule has 0 aliphatic heterocycles. The second kappa shape index (κ2) is 3.69. The fourth-order valence-corrected chi connectivity index (χ4v) is 1.30. The van der Waals surface area contributed by atoms with E-state index in [1.54, 1.807) is 0 Å². The number of benzene rings is 1. The van der Waals surface area contributed by atoms with Crippen molar-refractivity contribution in [1.82, 2.24) is 9.78 Å². The van der Waals surface area contributed by atoms with Gasteiger partial charge in [0.05, 0.1) is 4.92 Å². The maximum Gasteiger partial charge on any atom is 0.298 e. The molecule has 1 aromatic carbocycles. The Morgan fingerprint density at radius 3 is 2.69 bits per heavy atom. The number of halogens is 2. The van der Waals surface area contributed by atoms with Crippen LogP contribution in [0.3, 0.4) is 0 Å². The van der Waals surface area contributed by atoms with Crippen LogP contribution < -0.4 is 0 Å². The third-order valence-corrected chi connectivity index (χ3v) is 1.98. The molecule has 0 unspecified atom stereocenters. The summed E-state index contributed by atoms with van der Waals surface area (Å²) in [5, 5.41) is 14.3. The van der Waals surface area contributed by atoms with Crippen molar-refractivity contribution in [3.8, 4) is 5.69 Å². The van der Waals surface area contributed by atoms with E-state index in [1.807, 2.05) is 0 Å². The van der Waals surface area contributed by atoms with Crippen LogP contribution in [0.25, 0.3) is 5.69 Å². The Kier molecular flexibility index (Phi) is 2.35. The maximum atomic E-state index is 13.4. The van der Waals surface area contributed by atoms with Crippen LogP contribution in [0.4, 0.5) is 14.5 Å². The molecule has 0 atom stereocenters. The molecule has 0 amide bonds. The zero-order valence-electron chi connectivity index (χ0n) is 7.80. The topological polar surface area (TPSA) is 61.0 Å². The molecule has 2 rings (SSSR count). The highest BCUT2D eigenvalue weighted by Gasteiger charge is 2.23. The number of nitro benzene ring substituents is 1. The van der Waals surface area contributed by atoms with E-state index in [9.17, 15) is 18.9 Å². The SMILES string of the molecule is O=[N+]([O-])c1ccc(F)c(F)c1-n1cccn1. The zero-order valence-corrected chi connectivity index (χ0v) is 7.80. The lowest BCUT2D eigenvalue weighted by molar-refractivity contribution is -0.384. The summed E-state index contributed by atoms with van der Waals surface area (Å²) in [5.41, 5.74) is -1.04. The van der Waals surface area contributed by atoms with Gasteiger partial charge in [0.15, 0.2) is 17.3 Å². The molecule has 0 N–H and O–H groups in total. The van der Waals surface area contributed by atoms with Gasteiger partial charge in [0.2, 0.25) is 0 Å². The minimum Gasteiger partial charge on any atom is -0.258 e. The Morgan fingerprint density at radius 2 is 2.12 bits per heavy atom. The van der Waals surface area contributed by atoms with Gasteiger partial charge in [0.1, 0.15) is 0 Å². The van der Waals surface area contributed by atoms with Crippen molar-refractivity contribution in [2.75, 3.05) is 0 Å². The molecule has 5 nitrogen and oxygen atoms in total. The van der Waals surface area contributed by atoms with Crippen LogP contribution in [0.1, 0.15) is 0 Å². The van der Waals surface area contributed by atoms with Crippen LogP contribution >= 0.6 is 0 Å². The largest absolute Gasteiger partial charge is 0.298 e. The van der Waals surface area contributed by atoms with Crippen molar-refractivity contribution >= 4 is 5.69 Å². The van der Waals surface area contributed by atoms with Crippen molar-refractivity contribution in [2.45, 2.75) is 0 Å². The van der Waals surface area contributed by atoms with Crippen LogP contribution in [0, 0.1) is 21.7 Å². The minimum atomic E-state index is -1.29. The van der Waals surface area contributed by atoms with Crippen LogP contribution in [0.5, 0.6) is 0 Å². The van der Waals surface area contributed by atoms with Crippen LogP contribution in [0.15, 0.2) is 30.6 Å². The molecule has 0 aliphatic carbocycles. The van der Waals surface area contributed by atoms with E-state index in [0.717, 1.165) is 10.7 Å². The number of nitro groups is 1. The molecular formula is C9H5F2N3O2. The summed E-state index contributed by atoms with van der Waals surface area (Å²) in [6.07, 6.45) is 2.61. The fraction of sp³-hybridized carbons (Fsp3) is 0. The fourth-order valence-electron chi connectivity index (χ4n) is 1.30. The summed E-state index contributed by atoms with van der Waals surface area (Å²) in [6, 6.07) is 3.06. The molecule has 0 radical (unpaired) electrons. The van der Waals surface area contributed by atoms with Crippen molar-refractivity contribution in [2.24, 2.45) is 0 Å². The first-order chi connectivity index (χ1) is 7.61. The summed E-state index contributed by atoms with van der Waals surface area (Å²) < 4.78 is 27.3. The van der Waals surface area contributed by atoms with Gasteiger partial charge in [0.25, 0.3) is 5.69 Å². The van der Waals surface area contributed by atoms with Crippen LogP contribution in [-0.4, -0.2) is 14.7 Å². The van der Waals surface area contributed by atoms with E-state index in [-0.39, 0.29) is 0 Å². The second-order valence-electron chi connectivity index (χ2n) is 2.94. The van der Waals surface area contributed by atoms with Gasteiger partial charge in [0, 0.05) is 18.5 Å². The number of nitrogens with zero attached hydrogens (tertiary/aromatic N) is 3. The molecule has 16 heavy (non-hydrogen) atoms. The van der Waals surface area contributed by atoms with Gasteiger partial charge in [-0.3, -0.25) is 10.1 Å². The molecule has 7 heteroatoms. The van der Waals surface area contributed by atoms with E-state index >= 15 is 0 Å². The average molecular weight is 225 g/mol. The smallest absolute Gasteiger partial charge is 0.258 e. The predicted molar refractivity (Wildman–Crippen MR) is 50.1 cm³/mol. The Morgan fingerprint density at radius 1 is 1.38 bits per heavy atom. The maximum absolute atomic E-state index is 13.4. The quantitative estimate of drug-likeness (QED) is 0.580. The Labute approximate surface area is 88.1 Å². The monoisotopic (exact) mass is 225 g/mol. The lowest BCUT2D eigenvalue weighted by atomic mass is 10.2. The minimum absolute atomic E-state index is 0.505. The third-order valence-electron chi connectivity index (χ3n) is 1.98. The number of aromatic nitrogens is 2. The van der Waals surface area contributed by atoms with Crippen molar-refractivity contribution in [1.29, 1.82) is 0 Å². The molecule has 82 valence electrons. The molecule has 1 aromatic heterocycles. The molecule has 0 spiro atoms. The summed E-state index contributed by atoms with van der Waals surface area (Å²) in [7, 11) is 0. The van der Waals surface area contributed by atoms with Crippen molar-refractivity contribution < 1.29 is 13.7 Å².